The number of carbonyl (C=O) groups is 2. The highest BCUT2D eigenvalue weighted by atomic mass is 19.1. The molecular weight excluding hydrogens is 437 g/mol. The molecule has 182 valence electrons. The number of carbonyl (C=O) groups excluding carboxylic acids is 2. The van der Waals surface area contributed by atoms with E-state index in [1.54, 1.807) is 47.3 Å². The number of hydrogen-bond donors (Lipinski definition) is 0. The third-order valence-electron chi connectivity index (χ3n) is 5.30. The normalized spacial score (nSPS) is 16.4. The zero-order chi connectivity index (χ0) is 24.7. The van der Waals surface area contributed by atoms with Crippen LogP contribution in [0.15, 0.2) is 48.8 Å². The largest absolute Gasteiger partial charge is 0.453 e. The second kappa shape index (κ2) is 11.1. The van der Waals surface area contributed by atoms with Crippen LogP contribution in [0.2, 0.25) is 0 Å². The van der Waals surface area contributed by atoms with Gasteiger partial charge in [0.15, 0.2) is 11.6 Å². The Morgan fingerprint density at radius 3 is 2.76 bits per heavy atom. The highest BCUT2D eigenvalue weighted by Gasteiger charge is 2.26. The number of pyridine rings is 1. The average Bonchev–Trinajstić information content (AvgIpc) is 2.79. The van der Waals surface area contributed by atoms with Crippen molar-refractivity contribution in [1.82, 2.24) is 14.8 Å². The summed E-state index contributed by atoms with van der Waals surface area (Å²) < 4.78 is 25.3. The minimum absolute atomic E-state index is 0.0875. The lowest BCUT2D eigenvalue weighted by Gasteiger charge is -2.34. The van der Waals surface area contributed by atoms with Gasteiger partial charge in [-0.3, -0.25) is 9.78 Å². The van der Waals surface area contributed by atoms with Crippen molar-refractivity contribution in [2.45, 2.75) is 39.2 Å². The van der Waals surface area contributed by atoms with Crippen molar-refractivity contribution in [2.24, 2.45) is 5.92 Å². The van der Waals surface area contributed by atoms with Gasteiger partial charge >= 0.3 is 6.09 Å². The van der Waals surface area contributed by atoms with Crippen LogP contribution >= 0.6 is 0 Å². The molecule has 0 bridgehead atoms. The van der Waals surface area contributed by atoms with E-state index in [0.29, 0.717) is 30.9 Å². The Morgan fingerprint density at radius 1 is 1.29 bits per heavy atom. The lowest BCUT2D eigenvalue weighted by molar-refractivity contribution is -0.127. The first-order valence-electron chi connectivity index (χ1n) is 11.4. The first kappa shape index (κ1) is 25.2. The number of aromatic nitrogens is 1. The SMILES string of the molecule is CN(CC1CCCN(C(=O)/C=C/c2ccc(Oc3cccnc3)c(F)c2)C1)C(=O)OC(C)(C)C. The van der Waals surface area contributed by atoms with E-state index in [4.69, 9.17) is 9.47 Å². The Bertz CT molecular complexity index is 1020. The molecule has 0 saturated carbocycles. The summed E-state index contributed by atoms with van der Waals surface area (Å²) in [7, 11) is 1.71. The summed E-state index contributed by atoms with van der Waals surface area (Å²) in [4.78, 5) is 32.2. The van der Waals surface area contributed by atoms with Gasteiger partial charge in [-0.2, -0.15) is 0 Å². The number of rotatable bonds is 6. The van der Waals surface area contributed by atoms with Crippen LogP contribution in [0.5, 0.6) is 11.5 Å². The maximum atomic E-state index is 14.4. The molecule has 1 aromatic carbocycles. The molecule has 0 spiro atoms. The molecular formula is C26H32FN3O4. The molecule has 0 N–H and O–H groups in total. The molecule has 1 atom stereocenters. The number of piperidine rings is 1. The second-order valence-corrected chi connectivity index (χ2v) is 9.47. The van der Waals surface area contributed by atoms with Gasteiger partial charge in [-0.25, -0.2) is 9.18 Å². The zero-order valence-electron chi connectivity index (χ0n) is 20.2. The fourth-order valence-corrected chi connectivity index (χ4v) is 3.73. The van der Waals surface area contributed by atoms with Gasteiger partial charge in [0.25, 0.3) is 0 Å². The summed E-state index contributed by atoms with van der Waals surface area (Å²) in [6.07, 6.45) is 7.59. The standard InChI is InChI=1S/C26H32FN3O4/c1-26(2,3)34-25(32)29(4)17-20-7-6-14-30(18-20)24(31)12-10-19-9-11-23(22(27)15-19)33-21-8-5-13-28-16-21/h5,8-13,15-16,20H,6-7,14,17-18H2,1-4H3/b12-10+. The first-order chi connectivity index (χ1) is 16.1. The van der Waals surface area contributed by atoms with E-state index in [2.05, 4.69) is 4.98 Å². The molecule has 1 aromatic heterocycles. The number of likely N-dealkylation sites (tertiary alicyclic amines) is 1. The van der Waals surface area contributed by atoms with Crippen molar-refractivity contribution < 1.29 is 23.5 Å². The minimum atomic E-state index is -0.548. The molecule has 0 aliphatic carbocycles. The van der Waals surface area contributed by atoms with Crippen LogP contribution in [-0.2, 0) is 9.53 Å². The Labute approximate surface area is 200 Å². The van der Waals surface area contributed by atoms with Gasteiger partial charge in [-0.05, 0) is 75.4 Å². The van der Waals surface area contributed by atoms with Gasteiger partial charge in [0, 0.05) is 39.0 Å². The predicted molar refractivity (Wildman–Crippen MR) is 128 cm³/mol. The van der Waals surface area contributed by atoms with E-state index in [-0.39, 0.29) is 23.7 Å². The van der Waals surface area contributed by atoms with E-state index in [1.807, 2.05) is 20.8 Å². The van der Waals surface area contributed by atoms with Crippen molar-refractivity contribution in [3.63, 3.8) is 0 Å². The summed E-state index contributed by atoms with van der Waals surface area (Å²) in [5.41, 5.74) is 0.00961. The summed E-state index contributed by atoms with van der Waals surface area (Å²) >= 11 is 0. The molecule has 1 fully saturated rings. The number of ether oxygens (including phenoxy) is 2. The highest BCUT2D eigenvalue weighted by Crippen LogP contribution is 2.25. The van der Waals surface area contributed by atoms with Crippen LogP contribution in [0.3, 0.4) is 0 Å². The highest BCUT2D eigenvalue weighted by molar-refractivity contribution is 5.91. The lowest BCUT2D eigenvalue weighted by atomic mass is 9.97. The van der Waals surface area contributed by atoms with Gasteiger partial charge in [0.2, 0.25) is 5.91 Å². The fourth-order valence-electron chi connectivity index (χ4n) is 3.73. The third-order valence-corrected chi connectivity index (χ3v) is 5.30. The van der Waals surface area contributed by atoms with Gasteiger partial charge in [-0.15, -0.1) is 0 Å². The summed E-state index contributed by atoms with van der Waals surface area (Å²) in [5, 5.41) is 0. The number of amides is 2. The molecule has 7 nitrogen and oxygen atoms in total. The van der Waals surface area contributed by atoms with E-state index in [9.17, 15) is 14.0 Å². The van der Waals surface area contributed by atoms with Gasteiger partial charge < -0.3 is 19.3 Å². The molecule has 8 heteroatoms. The number of hydrogen-bond acceptors (Lipinski definition) is 5. The van der Waals surface area contributed by atoms with Crippen molar-refractivity contribution in [1.29, 1.82) is 0 Å². The third kappa shape index (κ3) is 7.57. The van der Waals surface area contributed by atoms with Gasteiger partial charge in [0.05, 0.1) is 6.20 Å². The Morgan fingerprint density at radius 2 is 2.09 bits per heavy atom. The van der Waals surface area contributed by atoms with Crippen LogP contribution in [0, 0.1) is 11.7 Å². The molecule has 1 aliphatic heterocycles. The van der Waals surface area contributed by atoms with Crippen molar-refractivity contribution in [2.75, 3.05) is 26.7 Å². The van der Waals surface area contributed by atoms with Crippen molar-refractivity contribution >= 4 is 18.1 Å². The smallest absolute Gasteiger partial charge is 0.410 e. The molecule has 1 aliphatic rings. The molecule has 3 rings (SSSR count). The summed E-state index contributed by atoms with van der Waals surface area (Å²) in [6.45, 7) is 7.23. The van der Waals surface area contributed by atoms with Crippen LogP contribution in [0.1, 0.15) is 39.2 Å². The molecule has 34 heavy (non-hydrogen) atoms. The van der Waals surface area contributed by atoms with Gasteiger partial charge in [-0.1, -0.05) is 6.07 Å². The van der Waals surface area contributed by atoms with Crippen LogP contribution in [0.25, 0.3) is 6.08 Å². The Balaban J connectivity index is 1.55. The van der Waals surface area contributed by atoms with Crippen molar-refractivity contribution in [3.05, 3.63) is 60.2 Å². The van der Waals surface area contributed by atoms with E-state index < -0.39 is 11.4 Å². The van der Waals surface area contributed by atoms with E-state index in [1.165, 1.54) is 24.4 Å². The Kier molecular flexibility index (Phi) is 8.26. The molecule has 1 unspecified atom stereocenters. The second-order valence-electron chi connectivity index (χ2n) is 9.47. The first-order valence-corrected chi connectivity index (χ1v) is 11.4. The van der Waals surface area contributed by atoms with Crippen LogP contribution < -0.4 is 4.74 Å². The maximum absolute atomic E-state index is 14.4. The average molecular weight is 470 g/mol. The summed E-state index contributed by atoms with van der Waals surface area (Å²) in [5.74, 6) is 0.0358. The number of halogens is 1. The topological polar surface area (TPSA) is 72.0 Å². The van der Waals surface area contributed by atoms with E-state index in [0.717, 1.165) is 12.8 Å². The monoisotopic (exact) mass is 469 g/mol. The molecule has 0 radical (unpaired) electrons. The lowest BCUT2D eigenvalue weighted by Crippen LogP contribution is -2.44. The number of benzene rings is 1. The van der Waals surface area contributed by atoms with E-state index >= 15 is 0 Å². The maximum Gasteiger partial charge on any atom is 0.410 e. The Hall–Kier alpha value is -3.42. The molecule has 1 saturated heterocycles. The summed E-state index contributed by atoms with van der Waals surface area (Å²) in [6, 6.07) is 7.93. The minimum Gasteiger partial charge on any atom is -0.453 e. The van der Waals surface area contributed by atoms with Crippen LogP contribution in [-0.4, -0.2) is 59.1 Å². The number of nitrogens with zero attached hydrogens (tertiary/aromatic N) is 3. The van der Waals surface area contributed by atoms with Crippen LogP contribution in [0.4, 0.5) is 9.18 Å². The quantitative estimate of drug-likeness (QED) is 0.549. The zero-order valence-corrected chi connectivity index (χ0v) is 20.2. The fraction of sp³-hybridized carbons (Fsp3) is 0.423. The predicted octanol–water partition coefficient (Wildman–Crippen LogP) is 5.13. The molecule has 2 amide bonds. The molecule has 2 heterocycles. The van der Waals surface area contributed by atoms with Crippen molar-refractivity contribution in [3.8, 4) is 11.5 Å². The molecule has 2 aromatic rings. The van der Waals surface area contributed by atoms with Gasteiger partial charge in [0.1, 0.15) is 11.4 Å².